The number of hydrogen-bond acceptors (Lipinski definition) is 4. The van der Waals surface area contributed by atoms with Crippen LogP contribution in [-0.2, 0) is 0 Å². The van der Waals surface area contributed by atoms with Crippen molar-refractivity contribution < 1.29 is 0 Å². The molecule has 134 valence electrons. The molecule has 3 rings (SSSR count). The van der Waals surface area contributed by atoms with Crippen LogP contribution in [-0.4, -0.2) is 49.3 Å². The van der Waals surface area contributed by atoms with E-state index >= 15 is 0 Å². The van der Waals surface area contributed by atoms with Gasteiger partial charge in [0.2, 0.25) is 0 Å². The van der Waals surface area contributed by atoms with E-state index in [0.29, 0.717) is 6.04 Å². The fourth-order valence-corrected chi connectivity index (χ4v) is 5.39. The molecular weight excluding hydrogens is 284 g/mol. The molecule has 1 aliphatic heterocycles. The first kappa shape index (κ1) is 17.7. The van der Waals surface area contributed by atoms with Gasteiger partial charge in [-0.15, -0.1) is 0 Å². The Balaban J connectivity index is 1.46. The van der Waals surface area contributed by atoms with Gasteiger partial charge in [0, 0.05) is 37.9 Å². The number of nitrogens with one attached hydrogen (secondary N) is 2. The van der Waals surface area contributed by atoms with E-state index in [2.05, 4.69) is 29.4 Å². The van der Waals surface area contributed by atoms with Gasteiger partial charge in [0.1, 0.15) is 0 Å². The first-order valence-electron chi connectivity index (χ1n) is 10.1. The average Bonchev–Trinajstić information content (AvgIpc) is 2.99. The maximum absolute atomic E-state index is 5.57. The lowest BCUT2D eigenvalue weighted by Gasteiger charge is -2.42. The summed E-state index contributed by atoms with van der Waals surface area (Å²) >= 11 is 0. The highest BCUT2D eigenvalue weighted by Crippen LogP contribution is 2.42. The van der Waals surface area contributed by atoms with Gasteiger partial charge in [-0.25, -0.2) is 0 Å². The molecule has 2 aliphatic carbocycles. The summed E-state index contributed by atoms with van der Waals surface area (Å²) in [5.74, 6) is 2.88. The van der Waals surface area contributed by atoms with Crippen LogP contribution in [0.3, 0.4) is 0 Å². The molecular formula is C19H38N4. The van der Waals surface area contributed by atoms with Crippen molar-refractivity contribution in [3.8, 4) is 0 Å². The van der Waals surface area contributed by atoms with Crippen LogP contribution < -0.4 is 16.4 Å². The minimum atomic E-state index is 0.681. The SMILES string of the molecule is CC(C)N1CNC2CCC(C3CCC(CNCCN)CC3)CC21. The highest BCUT2D eigenvalue weighted by atomic mass is 15.3. The van der Waals surface area contributed by atoms with Crippen molar-refractivity contribution in [1.82, 2.24) is 15.5 Å². The molecule has 0 aromatic carbocycles. The number of nitrogens with zero attached hydrogens (tertiary/aromatic N) is 1. The summed E-state index contributed by atoms with van der Waals surface area (Å²) in [6.07, 6.45) is 10.1. The van der Waals surface area contributed by atoms with Crippen molar-refractivity contribution in [2.75, 3.05) is 26.3 Å². The van der Waals surface area contributed by atoms with E-state index in [1.807, 2.05) is 0 Å². The van der Waals surface area contributed by atoms with Gasteiger partial charge < -0.3 is 11.1 Å². The molecule has 1 saturated heterocycles. The molecule has 0 aromatic rings. The number of fused-ring (bicyclic) bond motifs is 1. The van der Waals surface area contributed by atoms with Crippen molar-refractivity contribution in [2.24, 2.45) is 23.5 Å². The van der Waals surface area contributed by atoms with Crippen molar-refractivity contribution in [2.45, 2.75) is 76.9 Å². The smallest absolute Gasteiger partial charge is 0.0489 e. The van der Waals surface area contributed by atoms with Crippen LogP contribution in [0.4, 0.5) is 0 Å². The Labute approximate surface area is 142 Å². The Morgan fingerprint density at radius 3 is 2.52 bits per heavy atom. The molecule has 4 N–H and O–H groups in total. The average molecular weight is 323 g/mol. The Hall–Kier alpha value is -0.160. The van der Waals surface area contributed by atoms with E-state index in [-0.39, 0.29) is 0 Å². The third kappa shape index (κ3) is 4.28. The largest absolute Gasteiger partial charge is 0.329 e. The van der Waals surface area contributed by atoms with E-state index in [4.69, 9.17) is 5.73 Å². The van der Waals surface area contributed by atoms with Gasteiger partial charge in [0.25, 0.3) is 0 Å². The number of nitrogens with two attached hydrogens (primary N) is 1. The van der Waals surface area contributed by atoms with Gasteiger partial charge in [-0.2, -0.15) is 0 Å². The van der Waals surface area contributed by atoms with Crippen LogP contribution in [0.25, 0.3) is 0 Å². The molecule has 2 saturated carbocycles. The maximum atomic E-state index is 5.57. The molecule has 0 amide bonds. The van der Waals surface area contributed by atoms with Gasteiger partial charge >= 0.3 is 0 Å². The molecule has 3 atom stereocenters. The van der Waals surface area contributed by atoms with Crippen LogP contribution in [0.1, 0.15) is 58.8 Å². The minimum absolute atomic E-state index is 0.681. The fraction of sp³-hybridized carbons (Fsp3) is 1.00. The summed E-state index contributed by atoms with van der Waals surface area (Å²) in [7, 11) is 0. The molecule has 0 bridgehead atoms. The van der Waals surface area contributed by atoms with Crippen LogP contribution in [0.15, 0.2) is 0 Å². The Morgan fingerprint density at radius 1 is 1.09 bits per heavy atom. The summed E-state index contributed by atoms with van der Waals surface area (Å²) in [5, 5.41) is 7.26. The molecule has 4 heteroatoms. The van der Waals surface area contributed by atoms with E-state index < -0.39 is 0 Å². The molecule has 4 nitrogen and oxygen atoms in total. The number of hydrogen-bond donors (Lipinski definition) is 3. The summed E-state index contributed by atoms with van der Waals surface area (Å²) in [5.41, 5.74) is 5.57. The highest BCUT2D eigenvalue weighted by Gasteiger charge is 2.41. The maximum Gasteiger partial charge on any atom is 0.0489 e. The lowest BCUT2D eigenvalue weighted by Crippen LogP contribution is -2.45. The van der Waals surface area contributed by atoms with Gasteiger partial charge in [-0.05, 0) is 83.1 Å². The van der Waals surface area contributed by atoms with Gasteiger partial charge in [-0.3, -0.25) is 10.2 Å². The summed E-state index contributed by atoms with van der Waals surface area (Å²) in [6.45, 7) is 8.74. The van der Waals surface area contributed by atoms with E-state index in [0.717, 1.165) is 49.6 Å². The van der Waals surface area contributed by atoms with Gasteiger partial charge in [0.05, 0.1) is 0 Å². The molecule has 3 fully saturated rings. The third-order valence-corrected chi connectivity index (χ3v) is 6.79. The molecule has 3 unspecified atom stereocenters. The van der Waals surface area contributed by atoms with E-state index in [1.54, 1.807) is 0 Å². The molecule has 0 aromatic heterocycles. The number of rotatable bonds is 6. The van der Waals surface area contributed by atoms with Crippen molar-refractivity contribution in [3.05, 3.63) is 0 Å². The predicted molar refractivity (Wildman–Crippen MR) is 97.3 cm³/mol. The zero-order valence-corrected chi connectivity index (χ0v) is 15.3. The monoisotopic (exact) mass is 322 g/mol. The predicted octanol–water partition coefficient (Wildman–Crippen LogP) is 2.15. The lowest BCUT2D eigenvalue weighted by atomic mass is 9.69. The van der Waals surface area contributed by atoms with E-state index in [9.17, 15) is 0 Å². The van der Waals surface area contributed by atoms with Crippen molar-refractivity contribution in [3.63, 3.8) is 0 Å². The molecule has 0 radical (unpaired) electrons. The molecule has 23 heavy (non-hydrogen) atoms. The standard InChI is InChI=1S/C19H38N4/c1-14(2)23-13-22-18-8-7-17(11-19(18)23)16-5-3-15(4-6-16)12-21-10-9-20/h14-19,21-22H,3-13,20H2,1-2H3. The highest BCUT2D eigenvalue weighted by molar-refractivity contribution is 4.98. The first-order valence-corrected chi connectivity index (χ1v) is 10.1. The third-order valence-electron chi connectivity index (χ3n) is 6.79. The minimum Gasteiger partial charge on any atom is -0.329 e. The Morgan fingerprint density at radius 2 is 1.83 bits per heavy atom. The Bertz CT molecular complexity index is 351. The quantitative estimate of drug-likeness (QED) is 0.656. The summed E-state index contributed by atoms with van der Waals surface area (Å²) in [4.78, 5) is 2.71. The first-order chi connectivity index (χ1) is 11.2. The summed E-state index contributed by atoms with van der Waals surface area (Å²) in [6, 6.07) is 2.25. The fourth-order valence-electron chi connectivity index (χ4n) is 5.39. The Kier molecular flexibility index (Phi) is 6.36. The van der Waals surface area contributed by atoms with Crippen LogP contribution >= 0.6 is 0 Å². The topological polar surface area (TPSA) is 53.3 Å². The summed E-state index contributed by atoms with van der Waals surface area (Å²) < 4.78 is 0. The lowest BCUT2D eigenvalue weighted by molar-refractivity contribution is 0.0966. The van der Waals surface area contributed by atoms with Crippen LogP contribution in [0, 0.1) is 17.8 Å². The van der Waals surface area contributed by atoms with Crippen LogP contribution in [0.5, 0.6) is 0 Å². The molecule has 3 aliphatic rings. The molecule has 0 spiro atoms. The molecule has 1 heterocycles. The zero-order chi connectivity index (χ0) is 16.2. The zero-order valence-electron chi connectivity index (χ0n) is 15.3. The van der Waals surface area contributed by atoms with Gasteiger partial charge in [0.15, 0.2) is 0 Å². The second-order valence-corrected chi connectivity index (χ2v) is 8.49. The van der Waals surface area contributed by atoms with Crippen molar-refractivity contribution >= 4 is 0 Å². The van der Waals surface area contributed by atoms with E-state index in [1.165, 1.54) is 51.5 Å². The van der Waals surface area contributed by atoms with Gasteiger partial charge in [-0.1, -0.05) is 0 Å². The van der Waals surface area contributed by atoms with Crippen LogP contribution in [0.2, 0.25) is 0 Å². The van der Waals surface area contributed by atoms with Crippen molar-refractivity contribution in [1.29, 1.82) is 0 Å². The second-order valence-electron chi connectivity index (χ2n) is 8.49. The second kappa shape index (κ2) is 8.28. The normalized spacial score (nSPS) is 38.9.